The van der Waals surface area contributed by atoms with Crippen LogP contribution in [0.1, 0.15) is 23.2 Å². The molecule has 1 N–H and O–H groups in total. The molecule has 1 aliphatic carbocycles. The first kappa shape index (κ1) is 13.9. The van der Waals surface area contributed by atoms with Crippen LogP contribution in [-0.2, 0) is 0 Å². The van der Waals surface area contributed by atoms with Gasteiger partial charge in [0.15, 0.2) is 0 Å². The number of benzene rings is 1. The van der Waals surface area contributed by atoms with Gasteiger partial charge in [-0.05, 0) is 53.6 Å². The third kappa shape index (κ3) is 2.59. The number of amides is 1. The van der Waals surface area contributed by atoms with Crippen molar-refractivity contribution in [2.75, 3.05) is 0 Å². The molecule has 18 heavy (non-hydrogen) atoms. The van der Waals surface area contributed by atoms with Crippen LogP contribution in [0.15, 0.2) is 18.2 Å². The molecular formula is C11H8ClF3INO. The molecule has 0 atom stereocenters. The van der Waals surface area contributed by atoms with Crippen LogP contribution in [0, 0.1) is 3.57 Å². The van der Waals surface area contributed by atoms with Crippen LogP contribution in [0.5, 0.6) is 0 Å². The number of carbonyl (C=O) groups is 1. The predicted molar refractivity (Wildman–Crippen MR) is 69.7 cm³/mol. The molecule has 0 unspecified atom stereocenters. The van der Waals surface area contributed by atoms with E-state index in [1.807, 2.05) is 22.6 Å². The number of halogens is 5. The van der Waals surface area contributed by atoms with Crippen LogP contribution < -0.4 is 5.32 Å². The molecule has 1 aromatic rings. The summed E-state index contributed by atoms with van der Waals surface area (Å²) in [6.45, 7) is 0. The Morgan fingerprint density at radius 3 is 2.50 bits per heavy atom. The minimum absolute atomic E-state index is 0.0701. The summed E-state index contributed by atoms with van der Waals surface area (Å²) in [5, 5.41) is 2.38. The smallest absolute Gasteiger partial charge is 0.338 e. The van der Waals surface area contributed by atoms with Crippen molar-refractivity contribution in [2.24, 2.45) is 0 Å². The molecule has 0 bridgehead atoms. The average Bonchev–Trinajstić information content (AvgIpc) is 3.01. The second-order valence-electron chi connectivity index (χ2n) is 4.16. The Morgan fingerprint density at radius 1 is 1.39 bits per heavy atom. The van der Waals surface area contributed by atoms with E-state index in [1.54, 1.807) is 12.1 Å². The van der Waals surface area contributed by atoms with Crippen molar-refractivity contribution in [3.8, 4) is 0 Å². The molecule has 0 heterocycles. The second kappa shape index (κ2) is 4.56. The van der Waals surface area contributed by atoms with Crippen LogP contribution in [-0.4, -0.2) is 17.6 Å². The lowest BCUT2D eigenvalue weighted by molar-refractivity contribution is -0.163. The molecule has 1 amide bonds. The van der Waals surface area contributed by atoms with Crippen molar-refractivity contribution >= 4 is 40.1 Å². The van der Waals surface area contributed by atoms with Crippen LogP contribution in [0.3, 0.4) is 0 Å². The Hall–Kier alpha value is -0.500. The summed E-state index contributed by atoms with van der Waals surface area (Å²) in [4.78, 5) is 11.8. The molecule has 1 saturated carbocycles. The van der Waals surface area contributed by atoms with Crippen molar-refractivity contribution in [1.29, 1.82) is 0 Å². The van der Waals surface area contributed by atoms with Crippen molar-refractivity contribution in [3.05, 3.63) is 32.4 Å². The van der Waals surface area contributed by atoms with E-state index in [0.29, 0.717) is 8.59 Å². The van der Waals surface area contributed by atoms with Gasteiger partial charge >= 0.3 is 6.18 Å². The van der Waals surface area contributed by atoms with Gasteiger partial charge in [-0.25, -0.2) is 0 Å². The Bertz CT molecular complexity index is 500. The van der Waals surface area contributed by atoms with Gasteiger partial charge in [0.25, 0.3) is 5.91 Å². The van der Waals surface area contributed by atoms with Crippen LogP contribution >= 0.6 is 34.2 Å². The zero-order valence-electron chi connectivity index (χ0n) is 8.94. The van der Waals surface area contributed by atoms with Gasteiger partial charge in [0.2, 0.25) is 0 Å². The highest BCUT2D eigenvalue weighted by Gasteiger charge is 2.64. The molecule has 98 valence electrons. The zero-order chi connectivity index (χ0) is 13.6. The predicted octanol–water partition coefficient (Wildman–Crippen LogP) is 3.77. The molecule has 0 aliphatic heterocycles. The molecule has 2 nitrogen and oxygen atoms in total. The third-order valence-corrected chi connectivity index (χ3v) is 3.99. The Balaban J connectivity index is 2.21. The largest absolute Gasteiger partial charge is 0.411 e. The summed E-state index contributed by atoms with van der Waals surface area (Å²) < 4.78 is 38.7. The van der Waals surface area contributed by atoms with E-state index >= 15 is 0 Å². The first-order valence-electron chi connectivity index (χ1n) is 5.09. The fourth-order valence-corrected chi connectivity index (χ4v) is 2.31. The van der Waals surface area contributed by atoms with Crippen molar-refractivity contribution in [3.63, 3.8) is 0 Å². The molecule has 0 spiro atoms. The zero-order valence-corrected chi connectivity index (χ0v) is 11.9. The van der Waals surface area contributed by atoms with Crippen molar-refractivity contribution in [2.45, 2.75) is 24.6 Å². The molecular weight excluding hydrogens is 381 g/mol. The summed E-state index contributed by atoms with van der Waals surface area (Å²) in [5.41, 5.74) is -1.88. The maximum absolute atomic E-state index is 12.7. The van der Waals surface area contributed by atoms with Gasteiger partial charge in [-0.15, -0.1) is 0 Å². The normalized spacial score (nSPS) is 17.4. The highest BCUT2D eigenvalue weighted by Crippen LogP contribution is 2.49. The highest BCUT2D eigenvalue weighted by molar-refractivity contribution is 14.1. The fourth-order valence-electron chi connectivity index (χ4n) is 1.56. The van der Waals surface area contributed by atoms with E-state index in [1.165, 1.54) is 6.07 Å². The quantitative estimate of drug-likeness (QED) is 0.767. The topological polar surface area (TPSA) is 29.1 Å². The molecule has 0 aromatic heterocycles. The van der Waals surface area contributed by atoms with Gasteiger partial charge in [-0.1, -0.05) is 11.6 Å². The molecule has 0 radical (unpaired) electrons. The summed E-state index contributed by atoms with van der Waals surface area (Å²) in [6.07, 6.45) is -4.55. The monoisotopic (exact) mass is 389 g/mol. The lowest BCUT2D eigenvalue weighted by Crippen LogP contribution is -2.48. The van der Waals surface area contributed by atoms with Gasteiger partial charge in [0.05, 0.1) is 5.56 Å². The summed E-state index contributed by atoms with van der Waals surface area (Å²) >= 11 is 7.62. The van der Waals surface area contributed by atoms with Gasteiger partial charge in [0, 0.05) is 8.59 Å². The molecule has 1 aliphatic rings. The SMILES string of the molecule is O=C(NC1(C(F)(F)F)CC1)c1cc(Cl)ccc1I. The van der Waals surface area contributed by atoms with E-state index in [4.69, 9.17) is 11.6 Å². The van der Waals surface area contributed by atoms with E-state index in [0.717, 1.165) is 0 Å². The van der Waals surface area contributed by atoms with Gasteiger partial charge in [-0.2, -0.15) is 13.2 Å². The first-order valence-corrected chi connectivity index (χ1v) is 6.55. The number of alkyl halides is 3. The van der Waals surface area contributed by atoms with Gasteiger partial charge in [0.1, 0.15) is 5.54 Å². The molecule has 2 rings (SSSR count). The van der Waals surface area contributed by atoms with E-state index in [9.17, 15) is 18.0 Å². The van der Waals surface area contributed by atoms with Crippen LogP contribution in [0.25, 0.3) is 0 Å². The minimum atomic E-state index is -4.41. The second-order valence-corrected chi connectivity index (χ2v) is 5.76. The number of carbonyl (C=O) groups excluding carboxylic acids is 1. The highest BCUT2D eigenvalue weighted by atomic mass is 127. The molecule has 1 aromatic carbocycles. The Kier molecular flexibility index (Phi) is 3.52. The number of hydrogen-bond donors (Lipinski definition) is 1. The Morgan fingerprint density at radius 2 is 2.00 bits per heavy atom. The molecule has 1 fully saturated rings. The average molecular weight is 390 g/mol. The van der Waals surface area contributed by atoms with Crippen molar-refractivity contribution in [1.82, 2.24) is 5.32 Å². The molecule has 7 heteroatoms. The van der Waals surface area contributed by atoms with E-state index in [2.05, 4.69) is 5.32 Å². The van der Waals surface area contributed by atoms with Crippen molar-refractivity contribution < 1.29 is 18.0 Å². The van der Waals surface area contributed by atoms with Crippen LogP contribution in [0.4, 0.5) is 13.2 Å². The number of rotatable bonds is 2. The fraction of sp³-hybridized carbons (Fsp3) is 0.364. The standard InChI is InChI=1S/C11H8ClF3INO/c12-6-1-2-8(16)7(5-6)9(18)17-10(3-4-10)11(13,14)15/h1-2,5H,3-4H2,(H,17,18). The summed E-state index contributed by atoms with van der Waals surface area (Å²) in [7, 11) is 0. The Labute approximate surface area is 120 Å². The summed E-state index contributed by atoms with van der Waals surface area (Å²) in [5.74, 6) is -0.739. The lowest BCUT2D eigenvalue weighted by atomic mass is 10.2. The third-order valence-electron chi connectivity index (χ3n) is 2.82. The number of nitrogens with one attached hydrogen (secondary N) is 1. The lowest BCUT2D eigenvalue weighted by Gasteiger charge is -2.21. The first-order chi connectivity index (χ1) is 8.25. The summed E-state index contributed by atoms with van der Waals surface area (Å²) in [6, 6.07) is 4.53. The van der Waals surface area contributed by atoms with E-state index in [-0.39, 0.29) is 18.4 Å². The maximum atomic E-state index is 12.7. The molecule has 0 saturated heterocycles. The maximum Gasteiger partial charge on any atom is 0.411 e. The van der Waals surface area contributed by atoms with Gasteiger partial charge in [-0.3, -0.25) is 4.79 Å². The van der Waals surface area contributed by atoms with Crippen LogP contribution in [0.2, 0.25) is 5.02 Å². The minimum Gasteiger partial charge on any atom is -0.338 e. The van der Waals surface area contributed by atoms with E-state index < -0.39 is 17.6 Å². The van der Waals surface area contributed by atoms with Gasteiger partial charge < -0.3 is 5.32 Å². The number of hydrogen-bond acceptors (Lipinski definition) is 1.